The van der Waals surface area contributed by atoms with Gasteiger partial charge in [-0.2, -0.15) is 20.9 Å². The molecule has 2 heterocycles. The molecule has 1 saturated heterocycles. The molecular weight excluding hydrogens is 368 g/mol. The Hall–Kier alpha value is -1.43. The van der Waals surface area contributed by atoms with E-state index in [2.05, 4.69) is 0 Å². The van der Waals surface area contributed by atoms with Crippen molar-refractivity contribution in [3.8, 4) is 6.07 Å². The number of rotatable bonds is 4. The van der Waals surface area contributed by atoms with Crippen LogP contribution in [-0.2, 0) is 10.0 Å². The lowest BCUT2D eigenvalue weighted by molar-refractivity contribution is 0.223. The summed E-state index contributed by atoms with van der Waals surface area (Å²) in [6.45, 7) is 0.433. The molecule has 3 rings (SSSR count). The van der Waals surface area contributed by atoms with Gasteiger partial charge in [-0.1, -0.05) is 11.6 Å². The third-order valence-electron chi connectivity index (χ3n) is 4.29. The lowest BCUT2D eigenvalue weighted by atomic mass is 9.92. The molecule has 0 saturated carbocycles. The summed E-state index contributed by atoms with van der Waals surface area (Å²) in [7, 11) is -3.82. The first-order chi connectivity index (χ1) is 11.5. The number of sulfonamides is 1. The molecule has 1 aromatic heterocycles. The van der Waals surface area contributed by atoms with Crippen LogP contribution in [0.3, 0.4) is 0 Å². The average molecular weight is 383 g/mol. The van der Waals surface area contributed by atoms with Gasteiger partial charge >= 0.3 is 0 Å². The summed E-state index contributed by atoms with van der Waals surface area (Å²) in [5.41, 5.74) is 1.07. The SMILES string of the molecule is N#Cc1cc(Cl)ccc1S(=O)(=O)N1CC(CO)C(c2ccsc2)C1. The molecule has 8 heteroatoms. The Morgan fingerprint density at radius 1 is 1.38 bits per heavy atom. The van der Waals surface area contributed by atoms with Gasteiger partial charge in [0.25, 0.3) is 0 Å². The first-order valence-electron chi connectivity index (χ1n) is 7.30. The molecule has 1 fully saturated rings. The van der Waals surface area contributed by atoms with Crippen LogP contribution in [0, 0.1) is 17.2 Å². The predicted molar refractivity (Wildman–Crippen MR) is 92.6 cm³/mol. The molecular formula is C16H15ClN2O3S2. The smallest absolute Gasteiger partial charge is 0.244 e. The molecule has 1 N–H and O–H groups in total. The highest BCUT2D eigenvalue weighted by Gasteiger charge is 2.40. The number of aliphatic hydroxyl groups excluding tert-OH is 1. The molecule has 2 atom stereocenters. The van der Waals surface area contributed by atoms with Gasteiger partial charge < -0.3 is 5.11 Å². The van der Waals surface area contributed by atoms with E-state index in [0.717, 1.165) is 5.56 Å². The zero-order chi connectivity index (χ0) is 17.3. The van der Waals surface area contributed by atoms with Gasteiger partial charge in [-0.15, -0.1) is 0 Å². The van der Waals surface area contributed by atoms with E-state index in [0.29, 0.717) is 5.02 Å². The molecule has 2 unspecified atom stereocenters. The molecule has 0 bridgehead atoms. The molecule has 1 aliphatic heterocycles. The van der Waals surface area contributed by atoms with Crippen molar-refractivity contribution in [2.24, 2.45) is 5.92 Å². The van der Waals surface area contributed by atoms with Crippen molar-refractivity contribution in [1.82, 2.24) is 4.31 Å². The maximum absolute atomic E-state index is 13.0. The lowest BCUT2D eigenvalue weighted by Gasteiger charge is -2.17. The zero-order valence-electron chi connectivity index (χ0n) is 12.6. The minimum Gasteiger partial charge on any atom is -0.396 e. The second-order valence-electron chi connectivity index (χ2n) is 5.68. The van der Waals surface area contributed by atoms with Crippen molar-refractivity contribution in [3.05, 3.63) is 51.2 Å². The minimum absolute atomic E-state index is 0.0297. The van der Waals surface area contributed by atoms with E-state index < -0.39 is 10.0 Å². The van der Waals surface area contributed by atoms with Crippen molar-refractivity contribution in [1.29, 1.82) is 5.26 Å². The summed E-state index contributed by atoms with van der Waals surface area (Å²) in [5.74, 6) is -0.207. The molecule has 0 amide bonds. The third kappa shape index (κ3) is 3.08. The summed E-state index contributed by atoms with van der Waals surface area (Å²) in [4.78, 5) is -0.0444. The summed E-state index contributed by atoms with van der Waals surface area (Å²) < 4.78 is 27.3. The van der Waals surface area contributed by atoms with Gasteiger partial charge in [0.15, 0.2) is 0 Å². The number of hydrogen-bond donors (Lipinski definition) is 1. The van der Waals surface area contributed by atoms with Crippen LogP contribution < -0.4 is 0 Å². The predicted octanol–water partition coefficient (Wildman–Crippen LogP) is 2.67. The van der Waals surface area contributed by atoms with Crippen molar-refractivity contribution in [2.45, 2.75) is 10.8 Å². The first kappa shape index (κ1) is 17.4. The number of halogens is 1. The number of nitriles is 1. The second kappa shape index (κ2) is 6.82. The number of aliphatic hydroxyl groups is 1. The van der Waals surface area contributed by atoms with Crippen LogP contribution in [0.5, 0.6) is 0 Å². The lowest BCUT2D eigenvalue weighted by Crippen LogP contribution is -2.30. The van der Waals surface area contributed by atoms with Gasteiger partial charge in [-0.25, -0.2) is 8.42 Å². The average Bonchev–Trinajstić information content (AvgIpc) is 3.23. The van der Waals surface area contributed by atoms with Gasteiger partial charge in [0.1, 0.15) is 11.0 Å². The molecule has 0 spiro atoms. The maximum atomic E-state index is 13.0. The van der Waals surface area contributed by atoms with Crippen LogP contribution in [0.25, 0.3) is 0 Å². The van der Waals surface area contributed by atoms with Gasteiger partial charge in [-0.05, 0) is 40.6 Å². The minimum atomic E-state index is -3.82. The standard InChI is InChI=1S/C16H15ClN2O3S2/c17-14-1-2-16(12(5-14)6-18)24(21,22)19-7-13(9-20)15(8-19)11-3-4-23-10-11/h1-5,10,13,15,20H,7-9H2. The Balaban J connectivity index is 1.96. The Morgan fingerprint density at radius 3 is 2.79 bits per heavy atom. The monoisotopic (exact) mass is 382 g/mol. The molecule has 24 heavy (non-hydrogen) atoms. The number of nitrogens with zero attached hydrogens (tertiary/aromatic N) is 2. The van der Waals surface area contributed by atoms with Crippen LogP contribution in [-0.4, -0.2) is 37.5 Å². The van der Waals surface area contributed by atoms with Crippen molar-refractivity contribution < 1.29 is 13.5 Å². The van der Waals surface area contributed by atoms with Crippen molar-refractivity contribution >= 4 is 33.0 Å². The Labute approximate surface area is 149 Å². The fourth-order valence-corrected chi connectivity index (χ4v) is 5.57. The highest BCUT2D eigenvalue weighted by atomic mass is 35.5. The topological polar surface area (TPSA) is 81.4 Å². The molecule has 0 aliphatic carbocycles. The van der Waals surface area contributed by atoms with E-state index in [-0.39, 0.29) is 42.0 Å². The van der Waals surface area contributed by atoms with Crippen LogP contribution >= 0.6 is 22.9 Å². The van der Waals surface area contributed by atoms with Crippen LogP contribution in [0.15, 0.2) is 39.9 Å². The quantitative estimate of drug-likeness (QED) is 0.881. The van der Waals surface area contributed by atoms with E-state index in [9.17, 15) is 18.8 Å². The van der Waals surface area contributed by atoms with Crippen LogP contribution in [0.2, 0.25) is 5.02 Å². The summed E-state index contributed by atoms with van der Waals surface area (Å²) >= 11 is 7.39. The molecule has 126 valence electrons. The van der Waals surface area contributed by atoms with E-state index in [4.69, 9.17) is 11.6 Å². The van der Waals surface area contributed by atoms with Crippen LogP contribution in [0.1, 0.15) is 17.0 Å². The van der Waals surface area contributed by atoms with E-state index in [1.807, 2.05) is 22.9 Å². The second-order valence-corrected chi connectivity index (χ2v) is 8.80. The first-order valence-corrected chi connectivity index (χ1v) is 10.1. The van der Waals surface area contributed by atoms with Gasteiger partial charge in [0.05, 0.1) is 5.56 Å². The fourth-order valence-electron chi connectivity index (χ4n) is 3.03. The number of hydrogen-bond acceptors (Lipinski definition) is 5. The molecule has 5 nitrogen and oxygen atoms in total. The van der Waals surface area contributed by atoms with Crippen molar-refractivity contribution in [2.75, 3.05) is 19.7 Å². The molecule has 2 aromatic rings. The van der Waals surface area contributed by atoms with Gasteiger partial charge in [-0.3, -0.25) is 0 Å². The van der Waals surface area contributed by atoms with E-state index in [1.54, 1.807) is 11.3 Å². The van der Waals surface area contributed by atoms with Gasteiger partial charge in [0.2, 0.25) is 10.0 Å². The van der Waals surface area contributed by atoms with E-state index in [1.165, 1.54) is 22.5 Å². The highest BCUT2D eigenvalue weighted by molar-refractivity contribution is 7.89. The fraction of sp³-hybridized carbons (Fsp3) is 0.312. The number of benzene rings is 1. The van der Waals surface area contributed by atoms with Crippen LogP contribution in [0.4, 0.5) is 0 Å². The maximum Gasteiger partial charge on any atom is 0.244 e. The Kier molecular flexibility index (Phi) is 4.95. The highest BCUT2D eigenvalue weighted by Crippen LogP contribution is 2.37. The zero-order valence-corrected chi connectivity index (χ0v) is 15.0. The summed E-state index contributed by atoms with van der Waals surface area (Å²) in [6, 6.07) is 8.03. The largest absolute Gasteiger partial charge is 0.396 e. The normalized spacial score (nSPS) is 21.7. The summed E-state index contributed by atoms with van der Waals surface area (Å²) in [5, 5.41) is 23.1. The molecule has 1 aliphatic rings. The van der Waals surface area contributed by atoms with E-state index >= 15 is 0 Å². The summed E-state index contributed by atoms with van der Waals surface area (Å²) in [6.07, 6.45) is 0. The van der Waals surface area contributed by atoms with Crippen molar-refractivity contribution in [3.63, 3.8) is 0 Å². The Morgan fingerprint density at radius 2 is 2.17 bits per heavy atom. The molecule has 1 aromatic carbocycles. The van der Waals surface area contributed by atoms with Gasteiger partial charge in [0, 0.05) is 36.6 Å². The Bertz CT molecular complexity index is 875. The number of thiophene rings is 1. The molecule has 0 radical (unpaired) electrons. The third-order valence-corrected chi connectivity index (χ3v) is 7.12.